The molecule has 60 heavy (non-hydrogen) atoms. The highest BCUT2D eigenvalue weighted by molar-refractivity contribution is 6.31. The maximum absolute atomic E-state index is 14.4. The van der Waals surface area contributed by atoms with E-state index in [4.69, 9.17) is 23.2 Å². The van der Waals surface area contributed by atoms with Crippen molar-refractivity contribution in [3.63, 3.8) is 0 Å². The molecular weight excluding hydrogens is 849 g/mol. The number of β-lactam (4-membered cyclic amide) rings is 2. The average Bonchev–Trinajstić information content (AvgIpc) is 3.18. The van der Waals surface area contributed by atoms with Crippen LogP contribution < -0.4 is 10.6 Å². The maximum atomic E-state index is 14.4. The molecule has 2 saturated heterocycles. The van der Waals surface area contributed by atoms with Gasteiger partial charge in [0.1, 0.15) is 12.1 Å². The molecule has 20 heteroatoms. The van der Waals surface area contributed by atoms with Crippen molar-refractivity contribution in [2.24, 2.45) is 23.7 Å². The van der Waals surface area contributed by atoms with Crippen LogP contribution in [0.5, 0.6) is 0 Å². The molecule has 0 spiro atoms. The molecule has 0 aromatic heterocycles. The van der Waals surface area contributed by atoms with Gasteiger partial charge in [-0.2, -0.15) is 26.3 Å². The minimum atomic E-state index is -4.94. The molecule has 4 N–H and O–H groups in total. The quantitative estimate of drug-likeness (QED) is 0.131. The Morgan fingerprint density at radius 2 is 1.13 bits per heavy atom. The molecule has 2 aliphatic carbocycles. The van der Waals surface area contributed by atoms with E-state index in [-0.39, 0.29) is 67.2 Å². The zero-order valence-corrected chi connectivity index (χ0v) is 33.3. The maximum Gasteiger partial charge on any atom is 0.408 e. The fourth-order valence-electron chi connectivity index (χ4n) is 9.20. The first-order chi connectivity index (χ1) is 28.2. The number of nitrogens with one attached hydrogen (secondary N) is 2. The summed E-state index contributed by atoms with van der Waals surface area (Å²) in [6.45, 7) is 0. The summed E-state index contributed by atoms with van der Waals surface area (Å²) in [5, 5.41) is 23.9. The van der Waals surface area contributed by atoms with E-state index in [9.17, 15) is 65.3 Å². The molecular formula is C40H42Cl2F6N4O8. The van der Waals surface area contributed by atoms with Gasteiger partial charge in [0.25, 0.3) is 0 Å². The lowest BCUT2D eigenvalue weighted by molar-refractivity contribution is -0.173. The number of carbonyl (C=O) groups excluding carboxylic acids is 4. The standard InChI is InChI=1S/C40H42Cl2F6N4O8/c41-25-14-6-19(7-15-25)16-26-29(35(55)56)51(33(26)53)38(60)50-32(40(46,47)48)22-10-8-20(9-11-22)23-12-13-24(28(42)18-23)17-27-30(36(57)58)52(34(27)54)37(59)49-31(39(43,44)45)21-4-2-1-3-5-21/h6-7,12-15,18,20-22,26-27,29-32H,1-5,8-11,16-17H2,(H,49,59)(H,50,60)(H,55,56)(H,57,58). The summed E-state index contributed by atoms with van der Waals surface area (Å²) in [7, 11) is 0. The summed E-state index contributed by atoms with van der Waals surface area (Å²) in [6.07, 6.45) is -7.39. The summed E-state index contributed by atoms with van der Waals surface area (Å²) >= 11 is 12.4. The summed E-state index contributed by atoms with van der Waals surface area (Å²) in [4.78, 5) is 76.9. The van der Waals surface area contributed by atoms with Crippen LogP contribution in [0.2, 0.25) is 10.0 Å². The van der Waals surface area contributed by atoms with Crippen LogP contribution in [0.25, 0.3) is 0 Å². The lowest BCUT2D eigenvalue weighted by atomic mass is 9.75. The van der Waals surface area contributed by atoms with Gasteiger partial charge in [-0.25, -0.2) is 29.0 Å². The first kappa shape index (κ1) is 45.0. The fraction of sp³-hybridized carbons (Fsp3) is 0.550. The number of benzene rings is 2. The fourth-order valence-corrected chi connectivity index (χ4v) is 9.59. The number of amides is 6. The van der Waals surface area contributed by atoms with Crippen molar-refractivity contribution in [2.75, 3.05) is 0 Å². The van der Waals surface area contributed by atoms with Gasteiger partial charge in [-0.15, -0.1) is 0 Å². The topological polar surface area (TPSA) is 173 Å². The van der Waals surface area contributed by atoms with Crippen molar-refractivity contribution in [3.8, 4) is 0 Å². The second-order valence-corrected chi connectivity index (χ2v) is 16.9. The average molecular weight is 892 g/mol. The predicted molar refractivity (Wildman–Crippen MR) is 202 cm³/mol. The third kappa shape index (κ3) is 9.48. The molecule has 2 heterocycles. The van der Waals surface area contributed by atoms with E-state index in [1.54, 1.807) is 18.2 Å². The first-order valence-corrected chi connectivity index (χ1v) is 20.3. The number of likely N-dealkylation sites (tertiary alicyclic amines) is 2. The molecule has 6 amide bonds. The van der Waals surface area contributed by atoms with Gasteiger partial charge >= 0.3 is 36.4 Å². The molecule has 2 aromatic rings. The van der Waals surface area contributed by atoms with Crippen LogP contribution in [-0.2, 0) is 32.0 Å². The summed E-state index contributed by atoms with van der Waals surface area (Å²) in [6, 6.07) is -0.0907. The molecule has 2 aliphatic heterocycles. The van der Waals surface area contributed by atoms with Crippen molar-refractivity contribution in [3.05, 3.63) is 69.2 Å². The molecule has 4 fully saturated rings. The van der Waals surface area contributed by atoms with Gasteiger partial charge in [-0.05, 0) is 104 Å². The number of hydrogen-bond donors (Lipinski definition) is 4. The van der Waals surface area contributed by atoms with Gasteiger partial charge in [0.15, 0.2) is 12.1 Å². The first-order valence-electron chi connectivity index (χ1n) is 19.6. The smallest absolute Gasteiger partial charge is 0.408 e. The number of imide groups is 2. The Bertz CT molecular complexity index is 1990. The second-order valence-electron chi connectivity index (χ2n) is 16.0. The van der Waals surface area contributed by atoms with Crippen LogP contribution in [0.4, 0.5) is 35.9 Å². The third-order valence-electron chi connectivity index (χ3n) is 12.4. The number of carboxylic acids is 2. The van der Waals surface area contributed by atoms with E-state index in [1.807, 2.05) is 10.6 Å². The monoisotopic (exact) mass is 890 g/mol. The molecule has 6 unspecified atom stereocenters. The number of nitrogens with zero attached hydrogens (tertiary/aromatic N) is 2. The van der Waals surface area contributed by atoms with Crippen molar-refractivity contribution in [2.45, 2.75) is 113 Å². The number of carbonyl (C=O) groups is 6. The van der Waals surface area contributed by atoms with E-state index < -0.39 is 96.0 Å². The number of urea groups is 2. The minimum absolute atomic E-state index is 0.0191. The predicted octanol–water partition coefficient (Wildman–Crippen LogP) is 7.74. The Hall–Kier alpha value is -4.58. The van der Waals surface area contributed by atoms with Gasteiger partial charge in [-0.3, -0.25) is 9.59 Å². The van der Waals surface area contributed by atoms with Crippen molar-refractivity contribution < 1.29 is 65.3 Å². The number of hydrogen-bond acceptors (Lipinski definition) is 6. The zero-order chi connectivity index (χ0) is 43.8. The lowest BCUT2D eigenvalue weighted by Gasteiger charge is -2.44. The van der Waals surface area contributed by atoms with Gasteiger partial charge < -0.3 is 20.8 Å². The Kier molecular flexibility index (Phi) is 13.3. The summed E-state index contributed by atoms with van der Waals surface area (Å²) in [5.74, 6) is -9.85. The van der Waals surface area contributed by atoms with E-state index in [0.717, 1.165) is 6.42 Å². The summed E-state index contributed by atoms with van der Waals surface area (Å²) < 4.78 is 85.1. The normalized spacial score (nSPS) is 26.1. The van der Waals surface area contributed by atoms with E-state index >= 15 is 0 Å². The Morgan fingerprint density at radius 1 is 0.667 bits per heavy atom. The highest BCUT2D eigenvalue weighted by Gasteiger charge is 2.58. The molecule has 12 nitrogen and oxygen atoms in total. The van der Waals surface area contributed by atoms with E-state index in [2.05, 4.69) is 0 Å². The van der Waals surface area contributed by atoms with Gasteiger partial charge in [-0.1, -0.05) is 66.7 Å². The molecule has 4 aliphatic rings. The summed E-state index contributed by atoms with van der Waals surface area (Å²) in [5.41, 5.74) is 1.49. The molecule has 2 saturated carbocycles. The zero-order valence-electron chi connectivity index (χ0n) is 31.8. The second kappa shape index (κ2) is 17.8. The van der Waals surface area contributed by atoms with Crippen LogP contribution >= 0.6 is 23.2 Å². The van der Waals surface area contributed by atoms with Crippen LogP contribution in [0, 0.1) is 23.7 Å². The van der Waals surface area contributed by atoms with Crippen LogP contribution in [0.3, 0.4) is 0 Å². The van der Waals surface area contributed by atoms with Gasteiger partial charge in [0.2, 0.25) is 11.8 Å². The van der Waals surface area contributed by atoms with Crippen molar-refractivity contribution in [1.82, 2.24) is 20.4 Å². The largest absolute Gasteiger partial charge is 0.480 e. The Morgan fingerprint density at radius 3 is 1.58 bits per heavy atom. The van der Waals surface area contributed by atoms with Crippen molar-refractivity contribution in [1.29, 1.82) is 0 Å². The van der Waals surface area contributed by atoms with Crippen LogP contribution in [-0.4, -0.2) is 92.3 Å². The molecule has 0 bridgehead atoms. The SMILES string of the molecule is O=C(O)C1C(Cc2ccc(Cl)cc2)C(=O)N1C(=O)NC(C1CCC(c2ccc(CC3C(=O)N(C(=O)NC(C4CCCCC4)C(F)(F)F)C3C(=O)O)c(Cl)c2)CC1)C(F)(F)F. The van der Waals surface area contributed by atoms with Gasteiger partial charge in [0.05, 0.1) is 11.8 Å². The van der Waals surface area contributed by atoms with Crippen LogP contribution in [0.1, 0.15) is 80.4 Å². The number of rotatable bonds is 11. The van der Waals surface area contributed by atoms with Crippen molar-refractivity contribution >= 4 is 59.0 Å². The lowest BCUT2D eigenvalue weighted by Crippen LogP contribution is -2.70. The van der Waals surface area contributed by atoms with E-state index in [0.29, 0.717) is 39.5 Å². The third-order valence-corrected chi connectivity index (χ3v) is 13.0. The molecule has 2 aromatic carbocycles. The molecule has 6 atom stereocenters. The Labute approximate surface area is 349 Å². The van der Waals surface area contributed by atoms with E-state index in [1.165, 1.54) is 24.3 Å². The number of carboxylic acid groups (broad SMARTS) is 2. The minimum Gasteiger partial charge on any atom is -0.480 e. The number of aliphatic carboxylic acids is 2. The molecule has 326 valence electrons. The highest BCUT2D eigenvalue weighted by Crippen LogP contribution is 2.43. The number of alkyl halides is 6. The molecule has 6 rings (SSSR count). The Balaban J connectivity index is 1.06. The van der Waals surface area contributed by atoms with Gasteiger partial charge in [0, 0.05) is 10.0 Å². The molecule has 0 radical (unpaired) electrons. The van der Waals surface area contributed by atoms with Crippen LogP contribution in [0.15, 0.2) is 42.5 Å². The number of halogens is 8. The highest BCUT2D eigenvalue weighted by atomic mass is 35.5.